The predicted molar refractivity (Wildman–Crippen MR) is 62.9 cm³/mol. The lowest BCUT2D eigenvalue weighted by Gasteiger charge is -2.15. The minimum absolute atomic E-state index is 0.228. The van der Waals surface area contributed by atoms with Gasteiger partial charge in [0.25, 0.3) is 0 Å². The number of ketones is 1. The van der Waals surface area contributed by atoms with Gasteiger partial charge in [-0.05, 0) is 42.0 Å². The zero-order chi connectivity index (χ0) is 11.1. The maximum Gasteiger partial charge on any atom is 0.163 e. The highest BCUT2D eigenvalue weighted by Crippen LogP contribution is 2.30. The van der Waals surface area contributed by atoms with Crippen molar-refractivity contribution in [3.63, 3.8) is 0 Å². The smallest absolute Gasteiger partial charge is 0.163 e. The highest BCUT2D eigenvalue weighted by atomic mass is 16.3. The number of phenolic OH excluding ortho intramolecular Hbond substituents is 1. The van der Waals surface area contributed by atoms with E-state index in [0.717, 1.165) is 34.7 Å². The summed E-state index contributed by atoms with van der Waals surface area (Å²) in [5.41, 5.74) is 1.91. The number of carbonyl (C=O) groups excluding carboxylic acids is 1. The molecule has 0 atom stereocenters. The Kier molecular flexibility index (Phi) is 1.96. The largest absolute Gasteiger partial charge is 0.507 e. The fraction of sp³-hybridized carbons (Fsp3) is 0.214. The third-order valence-electron chi connectivity index (χ3n) is 3.23. The van der Waals surface area contributed by atoms with Crippen LogP contribution in [0.2, 0.25) is 0 Å². The number of fused-ring (bicyclic) bond motifs is 2. The molecule has 80 valence electrons. The van der Waals surface area contributed by atoms with Crippen LogP contribution in [-0.2, 0) is 6.42 Å². The van der Waals surface area contributed by atoms with Crippen molar-refractivity contribution in [1.82, 2.24) is 0 Å². The maximum absolute atomic E-state index is 11.8. The number of Topliss-reactive ketones (excluding diaryl/α,β-unsaturated/α-hetero) is 1. The number of hydrogen-bond acceptors (Lipinski definition) is 2. The van der Waals surface area contributed by atoms with Crippen LogP contribution in [-0.4, -0.2) is 10.9 Å². The summed E-state index contributed by atoms with van der Waals surface area (Å²) >= 11 is 0. The minimum Gasteiger partial charge on any atom is -0.507 e. The fourth-order valence-corrected chi connectivity index (χ4v) is 2.39. The lowest BCUT2D eigenvalue weighted by atomic mass is 9.88. The van der Waals surface area contributed by atoms with Crippen LogP contribution in [0.1, 0.15) is 28.8 Å². The minimum atomic E-state index is 0.228. The van der Waals surface area contributed by atoms with Crippen molar-refractivity contribution in [3.05, 3.63) is 41.5 Å². The van der Waals surface area contributed by atoms with Crippen LogP contribution < -0.4 is 0 Å². The maximum atomic E-state index is 11.8. The van der Waals surface area contributed by atoms with Gasteiger partial charge in [0.05, 0.1) is 0 Å². The van der Waals surface area contributed by atoms with E-state index in [1.165, 1.54) is 0 Å². The molecule has 2 heteroatoms. The van der Waals surface area contributed by atoms with Crippen molar-refractivity contribution >= 4 is 16.6 Å². The Morgan fingerprint density at radius 1 is 1.12 bits per heavy atom. The van der Waals surface area contributed by atoms with Crippen molar-refractivity contribution in [3.8, 4) is 5.75 Å². The molecule has 2 nitrogen and oxygen atoms in total. The van der Waals surface area contributed by atoms with E-state index in [9.17, 15) is 9.90 Å². The number of aromatic hydroxyl groups is 1. The molecule has 0 fully saturated rings. The quantitative estimate of drug-likeness (QED) is 0.728. The molecule has 0 radical (unpaired) electrons. The van der Waals surface area contributed by atoms with Crippen LogP contribution in [0.15, 0.2) is 30.3 Å². The van der Waals surface area contributed by atoms with Crippen molar-refractivity contribution in [2.75, 3.05) is 0 Å². The summed E-state index contributed by atoms with van der Waals surface area (Å²) in [7, 11) is 0. The molecule has 0 saturated heterocycles. The first-order valence-electron chi connectivity index (χ1n) is 5.53. The molecule has 0 unspecified atom stereocenters. The first kappa shape index (κ1) is 9.40. The lowest BCUT2D eigenvalue weighted by molar-refractivity contribution is 0.0972. The van der Waals surface area contributed by atoms with Gasteiger partial charge >= 0.3 is 0 Å². The van der Waals surface area contributed by atoms with E-state index in [1.807, 2.05) is 18.2 Å². The number of benzene rings is 2. The van der Waals surface area contributed by atoms with Gasteiger partial charge in [-0.3, -0.25) is 4.79 Å². The molecule has 0 aliphatic heterocycles. The number of hydrogen-bond donors (Lipinski definition) is 1. The van der Waals surface area contributed by atoms with Crippen molar-refractivity contribution in [2.45, 2.75) is 19.3 Å². The Balaban J connectivity index is 2.34. The van der Waals surface area contributed by atoms with Gasteiger partial charge in [0.2, 0.25) is 0 Å². The van der Waals surface area contributed by atoms with Gasteiger partial charge < -0.3 is 5.11 Å². The monoisotopic (exact) mass is 212 g/mol. The molecule has 3 rings (SSSR count). The van der Waals surface area contributed by atoms with Crippen LogP contribution in [0.5, 0.6) is 5.75 Å². The molecule has 0 heterocycles. The molecule has 0 spiro atoms. The van der Waals surface area contributed by atoms with Crippen molar-refractivity contribution in [1.29, 1.82) is 0 Å². The van der Waals surface area contributed by atoms with Crippen LogP contribution in [0.25, 0.3) is 10.8 Å². The summed E-state index contributed by atoms with van der Waals surface area (Å²) in [4.78, 5) is 11.8. The van der Waals surface area contributed by atoms with Gasteiger partial charge in [-0.15, -0.1) is 0 Å². The molecule has 0 bridgehead atoms. The summed E-state index contributed by atoms with van der Waals surface area (Å²) < 4.78 is 0. The standard InChI is InChI=1S/C14H12O2/c15-13-5-1-3-9-7-12-10(8-11(9)13)4-2-6-14(12)16/h1,3,5,7-8,15H,2,4,6H2. The highest BCUT2D eigenvalue weighted by molar-refractivity contribution is 6.03. The molecule has 0 aromatic heterocycles. The van der Waals surface area contributed by atoms with Gasteiger partial charge in [-0.25, -0.2) is 0 Å². The van der Waals surface area contributed by atoms with E-state index in [1.54, 1.807) is 12.1 Å². The Morgan fingerprint density at radius 2 is 2.00 bits per heavy atom. The first-order valence-corrected chi connectivity index (χ1v) is 5.53. The molecule has 16 heavy (non-hydrogen) atoms. The van der Waals surface area contributed by atoms with Gasteiger partial charge in [0, 0.05) is 17.4 Å². The number of phenols is 1. The summed E-state index contributed by atoms with van der Waals surface area (Å²) in [5, 5.41) is 11.5. The van der Waals surface area contributed by atoms with Gasteiger partial charge in [-0.2, -0.15) is 0 Å². The second-order valence-corrected chi connectivity index (χ2v) is 4.28. The van der Waals surface area contributed by atoms with E-state index in [0.29, 0.717) is 12.2 Å². The van der Waals surface area contributed by atoms with Crippen LogP contribution >= 0.6 is 0 Å². The SMILES string of the molecule is O=C1CCCc2cc3c(O)cccc3cc21. The number of rotatable bonds is 0. The van der Waals surface area contributed by atoms with E-state index < -0.39 is 0 Å². The molecular weight excluding hydrogens is 200 g/mol. The fourth-order valence-electron chi connectivity index (χ4n) is 2.39. The second-order valence-electron chi connectivity index (χ2n) is 4.28. The van der Waals surface area contributed by atoms with Crippen molar-refractivity contribution in [2.24, 2.45) is 0 Å². The normalized spacial score (nSPS) is 15.1. The highest BCUT2D eigenvalue weighted by Gasteiger charge is 2.18. The zero-order valence-electron chi connectivity index (χ0n) is 8.86. The molecule has 0 saturated carbocycles. The van der Waals surface area contributed by atoms with Crippen LogP contribution in [0.3, 0.4) is 0 Å². The molecule has 1 aliphatic rings. The summed E-state index contributed by atoms with van der Waals surface area (Å²) in [6.07, 6.45) is 2.51. The topological polar surface area (TPSA) is 37.3 Å². The molecule has 2 aromatic carbocycles. The molecule has 1 N–H and O–H groups in total. The first-order chi connectivity index (χ1) is 7.75. The van der Waals surface area contributed by atoms with Crippen molar-refractivity contribution < 1.29 is 9.90 Å². The average Bonchev–Trinajstić information content (AvgIpc) is 2.29. The van der Waals surface area contributed by atoms with E-state index in [-0.39, 0.29) is 5.78 Å². The lowest BCUT2D eigenvalue weighted by Crippen LogP contribution is -2.10. The van der Waals surface area contributed by atoms with Gasteiger partial charge in [0.1, 0.15) is 5.75 Å². The Labute approximate surface area is 93.5 Å². The second kappa shape index (κ2) is 3.34. The summed E-state index contributed by atoms with van der Waals surface area (Å²) in [6.45, 7) is 0. The number of carbonyl (C=O) groups is 1. The Morgan fingerprint density at radius 3 is 2.88 bits per heavy atom. The Hall–Kier alpha value is -1.83. The average molecular weight is 212 g/mol. The number of aryl methyl sites for hydroxylation is 1. The van der Waals surface area contributed by atoms with Crippen LogP contribution in [0.4, 0.5) is 0 Å². The third-order valence-corrected chi connectivity index (χ3v) is 3.23. The molecule has 1 aliphatic carbocycles. The Bertz CT molecular complexity index is 585. The van der Waals surface area contributed by atoms with Gasteiger partial charge in [0.15, 0.2) is 5.78 Å². The molecular formula is C14H12O2. The molecule has 2 aromatic rings. The zero-order valence-corrected chi connectivity index (χ0v) is 8.86. The van der Waals surface area contributed by atoms with E-state index in [4.69, 9.17) is 0 Å². The predicted octanol–water partition coefficient (Wildman–Crippen LogP) is 3.06. The van der Waals surface area contributed by atoms with E-state index in [2.05, 4.69) is 0 Å². The van der Waals surface area contributed by atoms with Crippen LogP contribution in [0, 0.1) is 0 Å². The van der Waals surface area contributed by atoms with E-state index >= 15 is 0 Å². The summed E-state index contributed by atoms with van der Waals surface area (Å²) in [6, 6.07) is 9.27. The molecule has 0 amide bonds. The third kappa shape index (κ3) is 1.30. The summed E-state index contributed by atoms with van der Waals surface area (Å²) in [5.74, 6) is 0.518. The van der Waals surface area contributed by atoms with Gasteiger partial charge in [-0.1, -0.05) is 12.1 Å².